The van der Waals surface area contributed by atoms with Gasteiger partial charge in [-0.1, -0.05) is 0 Å². The van der Waals surface area contributed by atoms with E-state index in [1.165, 1.54) is 5.56 Å². The van der Waals surface area contributed by atoms with Crippen molar-refractivity contribution in [3.8, 4) is 0 Å². The lowest BCUT2D eigenvalue weighted by Gasteiger charge is -2.26. The Hall–Kier alpha value is -1.40. The number of hydrogen-bond acceptors (Lipinski definition) is 4. The quantitative estimate of drug-likeness (QED) is 0.890. The number of aryl methyl sites for hydroxylation is 2. The van der Waals surface area contributed by atoms with Gasteiger partial charge < -0.3 is 10.2 Å². The number of thiazole rings is 1. The molecule has 2 aromatic rings. The number of hydrogen-bond donors (Lipinski definition) is 1. The molecule has 0 bridgehead atoms. The third-order valence-corrected chi connectivity index (χ3v) is 5.69. The molecule has 22 heavy (non-hydrogen) atoms. The van der Waals surface area contributed by atoms with Crippen LogP contribution in [-0.2, 0) is 6.42 Å². The van der Waals surface area contributed by atoms with Gasteiger partial charge in [-0.25, -0.2) is 9.78 Å². The molecule has 0 aliphatic rings. The number of aromatic nitrogens is 1. The number of urea groups is 1. The number of carbonyl (C=O) groups is 1. The summed E-state index contributed by atoms with van der Waals surface area (Å²) >= 11 is 3.34. The van der Waals surface area contributed by atoms with Gasteiger partial charge in [-0.15, -0.1) is 11.3 Å². The van der Waals surface area contributed by atoms with Gasteiger partial charge in [0.2, 0.25) is 0 Å². The summed E-state index contributed by atoms with van der Waals surface area (Å²) < 4.78 is 0. The highest BCUT2D eigenvalue weighted by molar-refractivity contribution is 7.11. The third kappa shape index (κ3) is 4.08. The molecule has 120 valence electrons. The number of nitrogens with zero attached hydrogens (tertiary/aromatic N) is 2. The van der Waals surface area contributed by atoms with Crippen molar-refractivity contribution in [1.29, 1.82) is 0 Å². The molecule has 0 spiro atoms. The second-order valence-electron chi connectivity index (χ2n) is 5.66. The molecule has 0 radical (unpaired) electrons. The summed E-state index contributed by atoms with van der Waals surface area (Å²) in [5.74, 6) is 0. The van der Waals surface area contributed by atoms with E-state index in [9.17, 15) is 4.79 Å². The van der Waals surface area contributed by atoms with E-state index in [1.807, 2.05) is 34.7 Å². The van der Waals surface area contributed by atoms with E-state index in [2.05, 4.69) is 27.1 Å². The zero-order valence-corrected chi connectivity index (χ0v) is 15.3. The predicted molar refractivity (Wildman–Crippen MR) is 93.8 cm³/mol. The van der Waals surface area contributed by atoms with E-state index >= 15 is 0 Å². The zero-order chi connectivity index (χ0) is 16.3. The molecule has 4 nitrogen and oxygen atoms in total. The van der Waals surface area contributed by atoms with Crippen molar-refractivity contribution in [3.05, 3.63) is 38.0 Å². The lowest BCUT2D eigenvalue weighted by atomic mass is 10.1. The summed E-state index contributed by atoms with van der Waals surface area (Å²) in [7, 11) is 1.84. The van der Waals surface area contributed by atoms with Crippen LogP contribution in [-0.4, -0.2) is 29.0 Å². The van der Waals surface area contributed by atoms with Crippen LogP contribution in [0.5, 0.6) is 0 Å². The number of rotatable bonds is 5. The van der Waals surface area contributed by atoms with E-state index < -0.39 is 0 Å². The Morgan fingerprint density at radius 2 is 2.14 bits per heavy atom. The minimum Gasteiger partial charge on any atom is -0.335 e. The van der Waals surface area contributed by atoms with E-state index in [4.69, 9.17) is 0 Å². The van der Waals surface area contributed by atoms with Crippen LogP contribution >= 0.6 is 22.7 Å². The van der Waals surface area contributed by atoms with Gasteiger partial charge in [0.25, 0.3) is 0 Å². The number of nitrogens with one attached hydrogen (secondary N) is 1. The molecular weight excluding hydrogens is 314 g/mol. The fourth-order valence-electron chi connectivity index (χ4n) is 2.41. The van der Waals surface area contributed by atoms with Crippen molar-refractivity contribution >= 4 is 28.7 Å². The Bertz CT molecular complexity index is 621. The molecule has 0 unspecified atom stereocenters. The average molecular weight is 338 g/mol. The summed E-state index contributed by atoms with van der Waals surface area (Å²) in [4.78, 5) is 19.8. The van der Waals surface area contributed by atoms with Crippen LogP contribution in [0.4, 0.5) is 4.79 Å². The van der Waals surface area contributed by atoms with Crippen molar-refractivity contribution in [1.82, 2.24) is 15.2 Å². The fourth-order valence-corrected chi connectivity index (χ4v) is 4.12. The van der Waals surface area contributed by atoms with E-state index in [0.29, 0.717) is 0 Å². The molecule has 2 aromatic heterocycles. The van der Waals surface area contributed by atoms with Gasteiger partial charge in [-0.05, 0) is 56.5 Å². The molecule has 0 aromatic carbocycles. The summed E-state index contributed by atoms with van der Waals surface area (Å²) in [5.41, 5.74) is 2.28. The number of thiophene rings is 1. The maximum Gasteiger partial charge on any atom is 0.317 e. The molecule has 2 heterocycles. The Kier molecular flexibility index (Phi) is 5.58. The monoisotopic (exact) mass is 337 g/mol. The standard InChI is InChI=1S/C16H23N3OS2/c1-10(8-14-6-7-21-9-14)17-16(20)19(5)12(3)15-11(2)18-13(4)22-15/h6-7,9-10,12H,8H2,1-5H3,(H,17,20)/t10-,12-/m0/s1. The predicted octanol–water partition coefficient (Wildman–Crippen LogP) is 4.16. The normalized spacial score (nSPS) is 13.7. The zero-order valence-electron chi connectivity index (χ0n) is 13.7. The first kappa shape index (κ1) is 17.0. The highest BCUT2D eigenvalue weighted by atomic mass is 32.1. The largest absolute Gasteiger partial charge is 0.335 e. The van der Waals surface area contributed by atoms with Crippen LogP contribution in [0, 0.1) is 13.8 Å². The van der Waals surface area contributed by atoms with Crippen LogP contribution in [0.25, 0.3) is 0 Å². The molecule has 6 heteroatoms. The summed E-state index contributed by atoms with van der Waals surface area (Å²) in [6, 6.07) is 2.20. The SMILES string of the molecule is Cc1nc(C)c([C@H](C)N(C)C(=O)N[C@@H](C)Cc2ccsc2)s1. The molecular formula is C16H23N3OS2. The summed E-state index contributed by atoms with van der Waals surface area (Å²) in [5, 5.41) is 8.30. The Morgan fingerprint density at radius 3 is 2.68 bits per heavy atom. The minimum absolute atomic E-state index is 0.0274. The van der Waals surface area contributed by atoms with Crippen molar-refractivity contribution in [3.63, 3.8) is 0 Å². The van der Waals surface area contributed by atoms with E-state index in [-0.39, 0.29) is 18.1 Å². The first-order valence-electron chi connectivity index (χ1n) is 7.36. The van der Waals surface area contributed by atoms with Gasteiger partial charge in [-0.2, -0.15) is 11.3 Å². The van der Waals surface area contributed by atoms with Crippen molar-refractivity contribution in [2.24, 2.45) is 0 Å². The van der Waals surface area contributed by atoms with Gasteiger partial charge in [-0.3, -0.25) is 0 Å². The summed E-state index contributed by atoms with van der Waals surface area (Å²) in [6.07, 6.45) is 0.857. The molecule has 2 amide bonds. The van der Waals surface area contributed by atoms with Gasteiger partial charge >= 0.3 is 6.03 Å². The number of carbonyl (C=O) groups excluding carboxylic acids is 1. The van der Waals surface area contributed by atoms with Crippen LogP contribution in [0.1, 0.15) is 41.0 Å². The molecule has 0 aliphatic carbocycles. The smallest absolute Gasteiger partial charge is 0.317 e. The molecule has 0 aliphatic heterocycles. The highest BCUT2D eigenvalue weighted by Crippen LogP contribution is 2.28. The summed E-state index contributed by atoms with van der Waals surface area (Å²) in [6.45, 7) is 8.08. The van der Waals surface area contributed by atoms with Crippen LogP contribution < -0.4 is 5.32 Å². The second-order valence-corrected chi connectivity index (χ2v) is 7.67. The van der Waals surface area contributed by atoms with Crippen LogP contribution in [0.3, 0.4) is 0 Å². The van der Waals surface area contributed by atoms with Crippen LogP contribution in [0.2, 0.25) is 0 Å². The molecule has 0 fully saturated rings. The lowest BCUT2D eigenvalue weighted by molar-refractivity contribution is 0.191. The van der Waals surface area contributed by atoms with E-state index in [0.717, 1.165) is 22.0 Å². The molecule has 2 rings (SSSR count). The fraction of sp³-hybridized carbons (Fsp3) is 0.500. The Morgan fingerprint density at radius 1 is 1.41 bits per heavy atom. The van der Waals surface area contributed by atoms with Crippen molar-refractivity contribution in [2.45, 2.75) is 46.2 Å². The van der Waals surface area contributed by atoms with Crippen molar-refractivity contribution in [2.75, 3.05) is 7.05 Å². The maximum atomic E-state index is 12.4. The first-order chi connectivity index (χ1) is 10.4. The van der Waals surface area contributed by atoms with Gasteiger partial charge in [0, 0.05) is 18.0 Å². The first-order valence-corrected chi connectivity index (χ1v) is 9.12. The van der Waals surface area contributed by atoms with Gasteiger partial charge in [0.05, 0.1) is 16.7 Å². The Balaban J connectivity index is 1.95. The topological polar surface area (TPSA) is 45.2 Å². The highest BCUT2D eigenvalue weighted by Gasteiger charge is 2.22. The molecule has 2 atom stereocenters. The minimum atomic E-state index is -0.0410. The number of amides is 2. The van der Waals surface area contributed by atoms with E-state index in [1.54, 1.807) is 27.6 Å². The third-order valence-electron chi connectivity index (χ3n) is 3.71. The van der Waals surface area contributed by atoms with Crippen LogP contribution in [0.15, 0.2) is 16.8 Å². The van der Waals surface area contributed by atoms with Gasteiger partial charge in [0.1, 0.15) is 0 Å². The average Bonchev–Trinajstić information content (AvgIpc) is 3.06. The Labute approximate surface area is 140 Å². The second kappa shape index (κ2) is 7.24. The molecule has 0 saturated carbocycles. The van der Waals surface area contributed by atoms with Crippen molar-refractivity contribution < 1.29 is 4.79 Å². The van der Waals surface area contributed by atoms with Gasteiger partial charge in [0.15, 0.2) is 0 Å². The lowest BCUT2D eigenvalue weighted by Crippen LogP contribution is -2.43. The molecule has 1 N–H and O–H groups in total. The maximum absolute atomic E-state index is 12.4. The molecule has 0 saturated heterocycles.